The summed E-state index contributed by atoms with van der Waals surface area (Å²) in [6.45, 7) is 11.4. The van der Waals surface area contributed by atoms with E-state index in [0.29, 0.717) is 32.6 Å². The molecule has 0 aromatic heterocycles. The third kappa shape index (κ3) is 9.83. The van der Waals surface area contributed by atoms with Crippen LogP contribution in [0.2, 0.25) is 0 Å². The van der Waals surface area contributed by atoms with Crippen LogP contribution in [0.4, 0.5) is 4.79 Å². The van der Waals surface area contributed by atoms with Gasteiger partial charge in [0.2, 0.25) is 23.6 Å². The Morgan fingerprint density at radius 2 is 1.46 bits per heavy atom. The van der Waals surface area contributed by atoms with Crippen LogP contribution in [0.5, 0.6) is 0 Å². The quantitative estimate of drug-likeness (QED) is 0.310. The van der Waals surface area contributed by atoms with Crippen LogP contribution in [0.25, 0.3) is 0 Å². The standard InChI is InChI=1S/C25H44N6O6/c1-17(2)11-18(29-19(32)12-26-6)22(35)27-13-20(33)30-9-7-25(8-10-30)15-31(16-25)21(34)14-28-23(36)37-24(3,4)5/h17-18,26H,7-16H2,1-6H3,(H,27,35)(H,28,36)(H,29,32). The lowest BCUT2D eigenvalue weighted by molar-refractivity contribution is -0.149. The van der Waals surface area contributed by atoms with E-state index in [0.717, 1.165) is 12.8 Å². The summed E-state index contributed by atoms with van der Waals surface area (Å²) in [5.74, 6) is -0.767. The van der Waals surface area contributed by atoms with Gasteiger partial charge in [0.05, 0.1) is 13.1 Å². The van der Waals surface area contributed by atoms with E-state index in [4.69, 9.17) is 4.74 Å². The molecule has 0 radical (unpaired) electrons. The lowest BCUT2D eigenvalue weighted by atomic mass is 9.72. The zero-order chi connectivity index (χ0) is 27.8. The largest absolute Gasteiger partial charge is 0.444 e. The van der Waals surface area contributed by atoms with Crippen LogP contribution in [0.15, 0.2) is 0 Å². The minimum Gasteiger partial charge on any atom is -0.444 e. The molecular formula is C25H44N6O6. The van der Waals surface area contributed by atoms with Crippen molar-refractivity contribution in [2.75, 3.05) is 52.9 Å². The van der Waals surface area contributed by atoms with Crippen LogP contribution >= 0.6 is 0 Å². The summed E-state index contributed by atoms with van der Waals surface area (Å²) in [7, 11) is 1.65. The maximum atomic E-state index is 12.7. The molecule has 2 aliphatic rings. The minimum absolute atomic E-state index is 0.0123. The maximum absolute atomic E-state index is 12.7. The summed E-state index contributed by atoms with van der Waals surface area (Å²) in [6, 6.07) is -0.693. The van der Waals surface area contributed by atoms with Crippen molar-refractivity contribution in [3.8, 4) is 0 Å². The third-order valence-corrected chi connectivity index (χ3v) is 6.47. The average Bonchev–Trinajstić information content (AvgIpc) is 2.77. The van der Waals surface area contributed by atoms with Gasteiger partial charge in [-0.25, -0.2) is 4.79 Å². The first-order valence-electron chi connectivity index (χ1n) is 13.0. The molecule has 2 fully saturated rings. The number of amides is 5. The molecule has 0 aromatic carbocycles. The molecule has 12 heteroatoms. The van der Waals surface area contributed by atoms with E-state index in [1.807, 2.05) is 13.8 Å². The number of carbonyl (C=O) groups excluding carboxylic acids is 5. The van der Waals surface area contributed by atoms with Gasteiger partial charge in [-0.3, -0.25) is 19.2 Å². The first-order chi connectivity index (χ1) is 17.2. The van der Waals surface area contributed by atoms with Crippen molar-refractivity contribution in [1.29, 1.82) is 0 Å². The zero-order valence-electron chi connectivity index (χ0n) is 23.1. The highest BCUT2D eigenvalue weighted by Crippen LogP contribution is 2.40. The molecule has 210 valence electrons. The van der Waals surface area contributed by atoms with Crippen LogP contribution in [0, 0.1) is 11.3 Å². The number of rotatable bonds is 10. The highest BCUT2D eigenvalue weighted by atomic mass is 16.6. The predicted molar refractivity (Wildman–Crippen MR) is 137 cm³/mol. The Labute approximate surface area is 219 Å². The summed E-state index contributed by atoms with van der Waals surface area (Å²) in [5, 5.41) is 10.6. The van der Waals surface area contributed by atoms with Crippen molar-refractivity contribution < 1.29 is 28.7 Å². The van der Waals surface area contributed by atoms with Gasteiger partial charge in [0.1, 0.15) is 18.2 Å². The van der Waals surface area contributed by atoms with Gasteiger partial charge in [-0.1, -0.05) is 13.8 Å². The number of likely N-dealkylation sites (tertiary alicyclic amines) is 2. The van der Waals surface area contributed by atoms with Crippen molar-refractivity contribution in [2.24, 2.45) is 11.3 Å². The highest BCUT2D eigenvalue weighted by Gasteiger charge is 2.47. The molecule has 2 aliphatic heterocycles. The van der Waals surface area contributed by atoms with Gasteiger partial charge in [0.25, 0.3) is 0 Å². The second-order valence-electron chi connectivity index (χ2n) is 11.5. The number of nitrogens with one attached hydrogen (secondary N) is 4. The Bertz CT molecular complexity index is 839. The third-order valence-electron chi connectivity index (χ3n) is 6.47. The first kappa shape index (κ1) is 30.3. The SMILES string of the molecule is CNCC(=O)NC(CC(C)C)C(=O)NCC(=O)N1CCC2(CC1)CN(C(=O)CNC(=O)OC(C)(C)C)C2. The van der Waals surface area contributed by atoms with E-state index < -0.39 is 17.7 Å². The normalized spacial score (nSPS) is 17.6. The minimum atomic E-state index is -0.693. The molecule has 1 atom stereocenters. The molecule has 37 heavy (non-hydrogen) atoms. The van der Waals surface area contributed by atoms with Gasteiger partial charge in [0.15, 0.2) is 0 Å². The molecular weight excluding hydrogens is 480 g/mol. The van der Waals surface area contributed by atoms with Crippen LogP contribution < -0.4 is 21.3 Å². The lowest BCUT2D eigenvalue weighted by Crippen LogP contribution is -2.63. The molecule has 0 aliphatic carbocycles. The highest BCUT2D eigenvalue weighted by molar-refractivity contribution is 5.91. The second kappa shape index (κ2) is 13.1. The van der Waals surface area contributed by atoms with E-state index in [1.54, 1.807) is 37.6 Å². The van der Waals surface area contributed by atoms with Crippen molar-refractivity contribution in [3.05, 3.63) is 0 Å². The molecule has 2 heterocycles. The second-order valence-corrected chi connectivity index (χ2v) is 11.5. The number of hydrogen-bond acceptors (Lipinski definition) is 7. The number of piperidine rings is 1. The Hall–Kier alpha value is -2.89. The van der Waals surface area contributed by atoms with E-state index >= 15 is 0 Å². The Morgan fingerprint density at radius 3 is 2.00 bits per heavy atom. The summed E-state index contributed by atoms with van der Waals surface area (Å²) in [6.07, 6.45) is 1.40. The fraction of sp³-hybridized carbons (Fsp3) is 0.800. The molecule has 0 bridgehead atoms. The van der Waals surface area contributed by atoms with Crippen LogP contribution in [-0.2, 0) is 23.9 Å². The molecule has 1 unspecified atom stereocenters. The Balaban J connectivity index is 1.72. The van der Waals surface area contributed by atoms with Gasteiger partial charge >= 0.3 is 6.09 Å². The van der Waals surface area contributed by atoms with Gasteiger partial charge < -0.3 is 35.8 Å². The van der Waals surface area contributed by atoms with E-state index in [-0.39, 0.29) is 54.6 Å². The summed E-state index contributed by atoms with van der Waals surface area (Å²) >= 11 is 0. The number of carbonyl (C=O) groups is 5. The fourth-order valence-electron chi connectivity index (χ4n) is 4.57. The summed E-state index contributed by atoms with van der Waals surface area (Å²) in [5.41, 5.74) is -0.637. The summed E-state index contributed by atoms with van der Waals surface area (Å²) < 4.78 is 5.15. The molecule has 0 saturated carbocycles. The smallest absolute Gasteiger partial charge is 0.408 e. The number of ether oxygens (including phenoxy) is 1. The van der Waals surface area contributed by atoms with E-state index in [9.17, 15) is 24.0 Å². The van der Waals surface area contributed by atoms with Gasteiger partial charge in [0, 0.05) is 31.6 Å². The van der Waals surface area contributed by atoms with Gasteiger partial charge in [-0.05, 0) is 53.0 Å². The Kier molecular flexibility index (Phi) is 10.7. The number of alkyl carbamates (subject to hydrolysis) is 1. The average molecular weight is 525 g/mol. The lowest BCUT2D eigenvalue weighted by Gasteiger charge is -2.54. The van der Waals surface area contributed by atoms with Crippen LogP contribution in [0.3, 0.4) is 0 Å². The van der Waals surface area contributed by atoms with Gasteiger partial charge in [-0.2, -0.15) is 0 Å². The van der Waals surface area contributed by atoms with Crippen molar-refractivity contribution >= 4 is 29.7 Å². The number of nitrogens with zero attached hydrogens (tertiary/aromatic N) is 2. The summed E-state index contributed by atoms with van der Waals surface area (Å²) in [4.78, 5) is 64.9. The molecule has 1 spiro atoms. The molecule has 2 rings (SSSR count). The van der Waals surface area contributed by atoms with Crippen LogP contribution in [-0.4, -0.2) is 104 Å². The molecule has 0 aromatic rings. The van der Waals surface area contributed by atoms with Gasteiger partial charge in [-0.15, -0.1) is 0 Å². The van der Waals surface area contributed by atoms with E-state index in [1.165, 1.54) is 0 Å². The first-order valence-corrected chi connectivity index (χ1v) is 13.0. The monoisotopic (exact) mass is 524 g/mol. The number of likely N-dealkylation sites (N-methyl/N-ethyl adjacent to an activating group) is 1. The van der Waals surface area contributed by atoms with Crippen molar-refractivity contribution in [1.82, 2.24) is 31.1 Å². The molecule has 2 saturated heterocycles. The van der Waals surface area contributed by atoms with E-state index in [2.05, 4.69) is 21.3 Å². The zero-order valence-corrected chi connectivity index (χ0v) is 23.1. The maximum Gasteiger partial charge on any atom is 0.408 e. The fourth-order valence-corrected chi connectivity index (χ4v) is 4.57. The Morgan fingerprint density at radius 1 is 0.892 bits per heavy atom. The predicted octanol–water partition coefficient (Wildman–Crippen LogP) is -0.171. The topological polar surface area (TPSA) is 149 Å². The molecule has 5 amide bonds. The molecule has 12 nitrogen and oxygen atoms in total. The number of hydrogen-bond donors (Lipinski definition) is 4. The van der Waals surface area contributed by atoms with Crippen molar-refractivity contribution in [2.45, 2.75) is 65.5 Å². The van der Waals surface area contributed by atoms with Crippen molar-refractivity contribution in [3.63, 3.8) is 0 Å². The van der Waals surface area contributed by atoms with Crippen LogP contribution in [0.1, 0.15) is 53.9 Å². The molecule has 4 N–H and O–H groups in total.